The quantitative estimate of drug-likeness (QED) is 0.582. The largest absolute Gasteiger partial charge is 0.345 e. The van der Waals surface area contributed by atoms with E-state index in [9.17, 15) is 4.39 Å². The van der Waals surface area contributed by atoms with Crippen LogP contribution in [0.5, 0.6) is 0 Å². The molecule has 1 aliphatic rings. The van der Waals surface area contributed by atoms with Gasteiger partial charge in [0, 0.05) is 18.2 Å². The molecule has 0 spiro atoms. The molecule has 3 nitrogen and oxygen atoms in total. The average molecular weight is 351 g/mol. The molecule has 0 atom stereocenters. The molecule has 0 amide bonds. The van der Waals surface area contributed by atoms with Crippen molar-refractivity contribution in [3.8, 4) is 11.1 Å². The number of hydrogen-bond acceptors (Lipinski definition) is 2. The minimum atomic E-state index is -0.222. The lowest BCUT2D eigenvalue weighted by Crippen LogP contribution is -2.19. The van der Waals surface area contributed by atoms with Crippen LogP contribution in [0.15, 0.2) is 42.7 Å². The van der Waals surface area contributed by atoms with Crippen molar-refractivity contribution in [2.45, 2.75) is 45.1 Å². The number of benzene rings is 2. The molecule has 1 fully saturated rings. The zero-order valence-electron chi connectivity index (χ0n) is 15.1. The number of halogens is 1. The Morgan fingerprint density at radius 3 is 2.69 bits per heavy atom. The molecule has 136 valence electrons. The zero-order chi connectivity index (χ0) is 17.8. The van der Waals surface area contributed by atoms with Gasteiger partial charge in [0.1, 0.15) is 5.82 Å². The summed E-state index contributed by atoms with van der Waals surface area (Å²) in [6.07, 6.45) is 9.93. The molecule has 1 saturated carbocycles. The lowest BCUT2D eigenvalue weighted by atomic mass is 9.87. The Morgan fingerprint density at radius 2 is 1.88 bits per heavy atom. The lowest BCUT2D eigenvalue weighted by molar-refractivity contribution is 0.334. The maximum absolute atomic E-state index is 14.3. The van der Waals surface area contributed by atoms with Crippen LogP contribution in [0.3, 0.4) is 0 Å². The van der Waals surface area contributed by atoms with Gasteiger partial charge in [-0.1, -0.05) is 56.4 Å². The van der Waals surface area contributed by atoms with Gasteiger partial charge in [-0.2, -0.15) is 0 Å². The second-order valence-corrected chi connectivity index (χ2v) is 7.42. The summed E-state index contributed by atoms with van der Waals surface area (Å²) in [7, 11) is 0. The van der Waals surface area contributed by atoms with Crippen molar-refractivity contribution in [1.29, 1.82) is 0 Å². The molecule has 4 rings (SSSR count). The van der Waals surface area contributed by atoms with Crippen LogP contribution in [0.4, 0.5) is 4.39 Å². The Bertz CT molecular complexity index is 847. The summed E-state index contributed by atoms with van der Waals surface area (Å²) in [6, 6.07) is 11.5. The lowest BCUT2D eigenvalue weighted by Gasteiger charge is -2.21. The Morgan fingerprint density at radius 1 is 1.08 bits per heavy atom. The van der Waals surface area contributed by atoms with Crippen molar-refractivity contribution >= 4 is 11.0 Å². The highest BCUT2D eigenvalue weighted by atomic mass is 19.1. The minimum absolute atomic E-state index is 0.222. The highest BCUT2D eigenvalue weighted by Crippen LogP contribution is 2.27. The Hall–Kier alpha value is -2.20. The van der Waals surface area contributed by atoms with Crippen molar-refractivity contribution in [2.24, 2.45) is 5.92 Å². The van der Waals surface area contributed by atoms with Crippen LogP contribution in [0.1, 0.15) is 44.1 Å². The van der Waals surface area contributed by atoms with Crippen molar-refractivity contribution in [3.63, 3.8) is 0 Å². The van der Waals surface area contributed by atoms with Crippen LogP contribution >= 0.6 is 0 Å². The maximum Gasteiger partial charge on any atom is 0.133 e. The third-order valence-electron chi connectivity index (χ3n) is 5.56. The smallest absolute Gasteiger partial charge is 0.133 e. The Balaban J connectivity index is 1.34. The molecule has 0 radical (unpaired) electrons. The van der Waals surface area contributed by atoms with E-state index in [1.165, 1.54) is 50.2 Å². The predicted molar refractivity (Wildman–Crippen MR) is 104 cm³/mol. The van der Waals surface area contributed by atoms with Crippen LogP contribution in [0.2, 0.25) is 0 Å². The third kappa shape index (κ3) is 3.96. The van der Waals surface area contributed by atoms with Crippen molar-refractivity contribution in [2.75, 3.05) is 6.54 Å². The number of hydrogen-bond donors (Lipinski definition) is 2. The molecule has 0 bridgehead atoms. The molecular formula is C22H26FN3. The molecule has 2 N–H and O–H groups in total. The first-order valence-corrected chi connectivity index (χ1v) is 9.72. The molecule has 26 heavy (non-hydrogen) atoms. The van der Waals surface area contributed by atoms with E-state index in [4.69, 9.17) is 0 Å². The fourth-order valence-electron chi connectivity index (χ4n) is 3.99. The maximum atomic E-state index is 14.3. The molecule has 4 heteroatoms. The number of aromatic nitrogens is 2. The Kier molecular flexibility index (Phi) is 5.30. The van der Waals surface area contributed by atoms with E-state index >= 15 is 0 Å². The van der Waals surface area contributed by atoms with Crippen LogP contribution < -0.4 is 5.32 Å². The van der Waals surface area contributed by atoms with E-state index in [1.807, 2.05) is 12.1 Å². The molecule has 0 unspecified atom stereocenters. The standard InChI is InChI=1S/C22H26FN3/c23-20-13-22-21(25-15-26-22)12-19(20)18-8-6-17(7-9-18)14-24-11-10-16-4-2-1-3-5-16/h6-9,12-13,15-16,24H,1-5,10-11,14H2,(H,25,26). The first-order chi connectivity index (χ1) is 12.8. The first-order valence-electron chi connectivity index (χ1n) is 9.72. The number of aromatic amines is 1. The van der Waals surface area contributed by atoms with Crippen LogP contribution in [0.25, 0.3) is 22.2 Å². The highest BCUT2D eigenvalue weighted by molar-refractivity contribution is 5.82. The van der Waals surface area contributed by atoms with Gasteiger partial charge in [-0.25, -0.2) is 9.37 Å². The highest BCUT2D eigenvalue weighted by Gasteiger charge is 2.12. The third-order valence-corrected chi connectivity index (χ3v) is 5.56. The normalized spacial score (nSPS) is 15.6. The van der Waals surface area contributed by atoms with Gasteiger partial charge in [-0.15, -0.1) is 0 Å². The van der Waals surface area contributed by atoms with E-state index in [0.29, 0.717) is 5.56 Å². The number of H-pyrrole nitrogens is 1. The molecular weight excluding hydrogens is 325 g/mol. The summed E-state index contributed by atoms with van der Waals surface area (Å²) in [6.45, 7) is 1.95. The van der Waals surface area contributed by atoms with Gasteiger partial charge >= 0.3 is 0 Å². The molecule has 0 saturated heterocycles. The summed E-state index contributed by atoms with van der Waals surface area (Å²) in [5, 5.41) is 3.55. The molecule has 1 heterocycles. The SMILES string of the molecule is Fc1cc2[nH]cnc2cc1-c1ccc(CNCCC2CCCCC2)cc1. The van der Waals surface area contributed by atoms with Gasteiger partial charge in [0.2, 0.25) is 0 Å². The number of nitrogens with zero attached hydrogens (tertiary/aromatic N) is 1. The van der Waals surface area contributed by atoms with Crippen molar-refractivity contribution < 1.29 is 4.39 Å². The summed E-state index contributed by atoms with van der Waals surface area (Å²) < 4.78 is 14.3. The number of fused-ring (bicyclic) bond motifs is 1. The molecule has 3 aromatic rings. The van der Waals surface area contributed by atoms with Crippen LogP contribution in [0, 0.1) is 11.7 Å². The van der Waals surface area contributed by atoms with E-state index < -0.39 is 0 Å². The van der Waals surface area contributed by atoms with Gasteiger partial charge < -0.3 is 10.3 Å². The first kappa shape index (κ1) is 17.2. The van der Waals surface area contributed by atoms with Crippen LogP contribution in [-0.2, 0) is 6.54 Å². The molecule has 2 aromatic carbocycles. The fraction of sp³-hybridized carbons (Fsp3) is 0.409. The van der Waals surface area contributed by atoms with Gasteiger partial charge in [-0.3, -0.25) is 0 Å². The Labute approximate surface area is 154 Å². The minimum Gasteiger partial charge on any atom is -0.345 e. The summed E-state index contributed by atoms with van der Waals surface area (Å²) in [4.78, 5) is 7.16. The molecule has 1 aromatic heterocycles. The van der Waals surface area contributed by atoms with E-state index in [-0.39, 0.29) is 5.82 Å². The van der Waals surface area contributed by atoms with Crippen molar-refractivity contribution in [3.05, 3.63) is 54.1 Å². The summed E-state index contributed by atoms with van der Waals surface area (Å²) >= 11 is 0. The monoisotopic (exact) mass is 351 g/mol. The average Bonchev–Trinajstić information content (AvgIpc) is 3.13. The predicted octanol–water partition coefficient (Wildman–Crippen LogP) is 5.43. The van der Waals surface area contributed by atoms with Crippen molar-refractivity contribution in [1.82, 2.24) is 15.3 Å². The van der Waals surface area contributed by atoms with E-state index in [0.717, 1.165) is 35.6 Å². The van der Waals surface area contributed by atoms with Crippen LogP contribution in [-0.4, -0.2) is 16.5 Å². The van der Waals surface area contributed by atoms with Gasteiger partial charge in [0.05, 0.1) is 17.4 Å². The molecule has 0 aliphatic heterocycles. The summed E-state index contributed by atoms with van der Waals surface area (Å²) in [5.74, 6) is 0.693. The summed E-state index contributed by atoms with van der Waals surface area (Å²) in [5.41, 5.74) is 4.23. The number of nitrogens with one attached hydrogen (secondary N) is 2. The number of rotatable bonds is 6. The second-order valence-electron chi connectivity index (χ2n) is 7.42. The number of imidazole rings is 1. The van der Waals surface area contributed by atoms with E-state index in [1.54, 1.807) is 12.4 Å². The van der Waals surface area contributed by atoms with E-state index in [2.05, 4.69) is 27.4 Å². The molecule has 1 aliphatic carbocycles. The van der Waals surface area contributed by atoms with Gasteiger partial charge in [0.25, 0.3) is 0 Å². The van der Waals surface area contributed by atoms with Gasteiger partial charge in [-0.05, 0) is 36.1 Å². The zero-order valence-corrected chi connectivity index (χ0v) is 15.1. The van der Waals surface area contributed by atoms with Gasteiger partial charge in [0.15, 0.2) is 0 Å². The fourth-order valence-corrected chi connectivity index (χ4v) is 3.99. The second kappa shape index (κ2) is 8.00. The topological polar surface area (TPSA) is 40.7 Å².